The molecule has 2 heteroatoms. The van der Waals surface area contributed by atoms with Crippen molar-refractivity contribution in [3.63, 3.8) is 0 Å². The van der Waals surface area contributed by atoms with Gasteiger partial charge in [-0.3, -0.25) is 0 Å². The van der Waals surface area contributed by atoms with Gasteiger partial charge in [0.2, 0.25) is 0 Å². The van der Waals surface area contributed by atoms with Gasteiger partial charge >= 0.3 is 0 Å². The van der Waals surface area contributed by atoms with Crippen LogP contribution in [-0.2, 0) is 0 Å². The van der Waals surface area contributed by atoms with Crippen molar-refractivity contribution in [1.82, 2.24) is 4.98 Å². The van der Waals surface area contributed by atoms with Gasteiger partial charge in [-0.1, -0.05) is 146 Å². The first-order valence-electron chi connectivity index (χ1n) is 16.1. The third-order valence-electron chi connectivity index (χ3n) is 9.65. The predicted octanol–water partition coefficient (Wildman–Crippen LogP) is 12.5. The van der Waals surface area contributed by atoms with Gasteiger partial charge in [0, 0.05) is 16.3 Å². The fourth-order valence-electron chi connectivity index (χ4n) is 7.59. The van der Waals surface area contributed by atoms with Crippen molar-refractivity contribution < 1.29 is 4.42 Å². The average Bonchev–Trinajstić information content (AvgIpc) is 3.54. The summed E-state index contributed by atoms with van der Waals surface area (Å²) in [5.74, 6) is 0.847. The number of nitrogens with zero attached hydrogens (tertiary/aromatic N) is 1. The Morgan fingerprint density at radius 1 is 0.362 bits per heavy atom. The third-order valence-corrected chi connectivity index (χ3v) is 9.65. The molecule has 0 N–H and O–H groups in total. The molecule has 2 heterocycles. The standard InChI is InChI=1S/C45H27NO/c1-2-14-31-28(12-1)13-11-21-32(31)42-35-17-5-3-15-33(35)41(34-16-4-6-18-36(34)42)29-24-26-30(27-25-29)45-43-37-19-7-9-22-39(37)46-44(43)38-20-8-10-23-40(38)47-45/h1-27H. The molecule has 0 aliphatic carbocycles. The molecule has 47 heavy (non-hydrogen) atoms. The smallest absolute Gasteiger partial charge is 0.144 e. The zero-order valence-corrected chi connectivity index (χ0v) is 25.4. The van der Waals surface area contributed by atoms with E-state index in [1.54, 1.807) is 0 Å². The minimum absolute atomic E-state index is 0.836. The summed E-state index contributed by atoms with van der Waals surface area (Å²) in [5, 5.41) is 9.64. The third kappa shape index (κ3) is 3.89. The predicted molar refractivity (Wildman–Crippen MR) is 197 cm³/mol. The number of benzene rings is 8. The highest BCUT2D eigenvalue weighted by Gasteiger charge is 2.23. The lowest BCUT2D eigenvalue weighted by Gasteiger charge is -2.19. The Morgan fingerprint density at radius 3 is 1.62 bits per heavy atom. The van der Waals surface area contributed by atoms with Crippen LogP contribution in [-0.4, -0.2) is 4.98 Å². The van der Waals surface area contributed by atoms with Crippen LogP contribution in [0, 0.1) is 0 Å². The van der Waals surface area contributed by atoms with Crippen LogP contribution in [0.3, 0.4) is 0 Å². The second-order valence-electron chi connectivity index (χ2n) is 12.2. The highest BCUT2D eigenvalue weighted by molar-refractivity contribution is 6.23. The summed E-state index contributed by atoms with van der Waals surface area (Å²) in [5.41, 5.74) is 9.84. The number of aromatic nitrogens is 1. The lowest BCUT2D eigenvalue weighted by atomic mass is 9.84. The van der Waals surface area contributed by atoms with E-state index in [4.69, 9.17) is 9.40 Å². The highest BCUT2D eigenvalue weighted by Crippen LogP contribution is 2.47. The van der Waals surface area contributed by atoms with E-state index in [9.17, 15) is 0 Å². The van der Waals surface area contributed by atoms with E-state index >= 15 is 0 Å². The molecule has 0 atom stereocenters. The van der Waals surface area contributed by atoms with E-state index in [2.05, 4.69) is 140 Å². The SMILES string of the molecule is c1ccc2c(-c3c4ccccc4c(-c4ccc(-c5oc6ccccc6c6nc7ccccc7c5-6)cc4)c4ccccc34)cccc2c1. The van der Waals surface area contributed by atoms with Crippen LogP contribution in [0.15, 0.2) is 168 Å². The monoisotopic (exact) mass is 597 g/mol. The molecule has 0 spiro atoms. The first-order chi connectivity index (χ1) is 23.3. The van der Waals surface area contributed by atoms with Crippen molar-refractivity contribution in [3.8, 4) is 44.8 Å². The molecule has 0 aromatic heterocycles. The summed E-state index contributed by atoms with van der Waals surface area (Å²) in [6, 6.07) is 58.4. The van der Waals surface area contributed by atoms with Crippen LogP contribution < -0.4 is 0 Å². The molecule has 0 amide bonds. The summed E-state index contributed by atoms with van der Waals surface area (Å²) in [6.07, 6.45) is 0. The zero-order valence-electron chi connectivity index (χ0n) is 25.4. The second kappa shape index (κ2) is 10.1. The Kier molecular flexibility index (Phi) is 5.61. The number of hydrogen-bond acceptors (Lipinski definition) is 2. The molecule has 2 aliphatic rings. The van der Waals surface area contributed by atoms with Gasteiger partial charge in [0.05, 0.1) is 16.8 Å². The van der Waals surface area contributed by atoms with Crippen molar-refractivity contribution in [1.29, 1.82) is 0 Å². The van der Waals surface area contributed by atoms with Gasteiger partial charge in [-0.15, -0.1) is 0 Å². The van der Waals surface area contributed by atoms with Gasteiger partial charge in [0.15, 0.2) is 0 Å². The van der Waals surface area contributed by atoms with Crippen LogP contribution in [0.5, 0.6) is 0 Å². The van der Waals surface area contributed by atoms with Gasteiger partial charge in [-0.2, -0.15) is 0 Å². The molecule has 0 bridgehead atoms. The van der Waals surface area contributed by atoms with Gasteiger partial charge in [-0.05, 0) is 72.8 Å². The maximum atomic E-state index is 6.67. The van der Waals surface area contributed by atoms with E-state index in [0.717, 1.165) is 44.5 Å². The molecule has 0 saturated carbocycles. The van der Waals surface area contributed by atoms with Crippen LogP contribution in [0.4, 0.5) is 0 Å². The van der Waals surface area contributed by atoms with E-state index in [0.29, 0.717) is 0 Å². The van der Waals surface area contributed by atoms with Gasteiger partial charge < -0.3 is 4.42 Å². The Hall–Kier alpha value is -6.25. The van der Waals surface area contributed by atoms with Crippen LogP contribution in [0.2, 0.25) is 0 Å². The van der Waals surface area contributed by atoms with E-state index < -0.39 is 0 Å². The van der Waals surface area contributed by atoms with Crippen molar-refractivity contribution >= 4 is 54.2 Å². The molecule has 10 rings (SSSR count). The number of rotatable bonds is 3. The fourth-order valence-corrected chi connectivity index (χ4v) is 7.59. The first kappa shape index (κ1) is 26.0. The topological polar surface area (TPSA) is 26.0 Å². The molecule has 2 aliphatic heterocycles. The molecule has 8 aromatic carbocycles. The molecule has 8 aromatic rings. The van der Waals surface area contributed by atoms with Gasteiger partial charge in [0.25, 0.3) is 0 Å². The normalized spacial score (nSPS) is 11.8. The van der Waals surface area contributed by atoms with Crippen molar-refractivity contribution in [3.05, 3.63) is 164 Å². The summed E-state index contributed by atoms with van der Waals surface area (Å²) in [7, 11) is 0. The largest absolute Gasteiger partial charge is 0.455 e. The summed E-state index contributed by atoms with van der Waals surface area (Å²) >= 11 is 0. The van der Waals surface area contributed by atoms with Crippen molar-refractivity contribution in [2.75, 3.05) is 0 Å². The first-order valence-corrected chi connectivity index (χ1v) is 16.1. The van der Waals surface area contributed by atoms with Crippen molar-refractivity contribution in [2.45, 2.75) is 0 Å². The van der Waals surface area contributed by atoms with E-state index in [1.807, 2.05) is 24.3 Å². The lowest BCUT2D eigenvalue weighted by molar-refractivity contribution is 0.622. The number of para-hydroxylation sites is 2. The van der Waals surface area contributed by atoms with E-state index in [-0.39, 0.29) is 0 Å². The van der Waals surface area contributed by atoms with Crippen LogP contribution in [0.25, 0.3) is 99.0 Å². The summed E-state index contributed by atoms with van der Waals surface area (Å²) in [6.45, 7) is 0. The molecular weight excluding hydrogens is 571 g/mol. The molecule has 0 saturated heterocycles. The van der Waals surface area contributed by atoms with Gasteiger partial charge in [0.1, 0.15) is 11.3 Å². The minimum atomic E-state index is 0.836. The molecule has 0 unspecified atom stereocenters. The summed E-state index contributed by atoms with van der Waals surface area (Å²) in [4.78, 5) is 5.06. The fraction of sp³-hybridized carbons (Fsp3) is 0. The lowest BCUT2D eigenvalue weighted by Crippen LogP contribution is -1.92. The Bertz CT molecular complexity index is 2720. The van der Waals surface area contributed by atoms with Crippen molar-refractivity contribution in [2.24, 2.45) is 0 Å². The number of fused-ring (bicyclic) bond motifs is 8. The zero-order chi connectivity index (χ0) is 30.9. The Labute approximate surface area is 271 Å². The molecule has 218 valence electrons. The maximum Gasteiger partial charge on any atom is 0.144 e. The second-order valence-corrected chi connectivity index (χ2v) is 12.2. The maximum absolute atomic E-state index is 6.67. The van der Waals surface area contributed by atoms with E-state index in [1.165, 1.54) is 54.6 Å². The number of hydrogen-bond donors (Lipinski definition) is 0. The quantitative estimate of drug-likeness (QED) is 0.189. The highest BCUT2D eigenvalue weighted by atomic mass is 16.3. The summed E-state index contributed by atoms with van der Waals surface area (Å²) < 4.78 is 6.67. The molecule has 0 radical (unpaired) electrons. The average molecular weight is 598 g/mol. The molecular formula is C45H27NO. The molecule has 2 nitrogen and oxygen atoms in total. The van der Waals surface area contributed by atoms with Gasteiger partial charge in [-0.25, -0.2) is 4.98 Å². The van der Waals surface area contributed by atoms with Crippen LogP contribution in [0.1, 0.15) is 0 Å². The Balaban J connectivity index is 1.21. The Morgan fingerprint density at radius 2 is 0.894 bits per heavy atom. The molecule has 0 fully saturated rings. The van der Waals surface area contributed by atoms with Crippen LogP contribution >= 0.6 is 0 Å². The minimum Gasteiger partial charge on any atom is -0.455 e.